The van der Waals surface area contributed by atoms with Crippen molar-refractivity contribution >= 4 is 5.82 Å². The standard InChI is InChI=1S/C14H21N3/c15-14(6-7-14)5-3-12-4-8-16-13(11-12)17-9-1-2-10-17/h4,8,11H,1-3,5-7,9-10,15H2. The van der Waals surface area contributed by atoms with Gasteiger partial charge in [0.15, 0.2) is 0 Å². The highest BCUT2D eigenvalue weighted by atomic mass is 15.2. The van der Waals surface area contributed by atoms with Crippen LogP contribution in [0.2, 0.25) is 0 Å². The summed E-state index contributed by atoms with van der Waals surface area (Å²) in [5, 5.41) is 0. The first-order chi connectivity index (χ1) is 8.25. The minimum atomic E-state index is 0.164. The van der Waals surface area contributed by atoms with E-state index in [0.29, 0.717) is 0 Å². The Morgan fingerprint density at radius 2 is 2.06 bits per heavy atom. The van der Waals surface area contributed by atoms with E-state index in [4.69, 9.17) is 5.73 Å². The summed E-state index contributed by atoms with van der Waals surface area (Å²) in [6.07, 6.45) is 9.18. The molecule has 1 saturated carbocycles. The molecular formula is C14H21N3. The van der Waals surface area contributed by atoms with Crippen LogP contribution >= 0.6 is 0 Å². The van der Waals surface area contributed by atoms with Crippen LogP contribution in [0.4, 0.5) is 5.82 Å². The topological polar surface area (TPSA) is 42.1 Å². The summed E-state index contributed by atoms with van der Waals surface area (Å²) in [5.74, 6) is 1.15. The van der Waals surface area contributed by atoms with Crippen LogP contribution in [-0.2, 0) is 6.42 Å². The second-order valence-electron chi connectivity index (χ2n) is 5.58. The van der Waals surface area contributed by atoms with Crippen molar-refractivity contribution in [3.63, 3.8) is 0 Å². The number of hydrogen-bond donors (Lipinski definition) is 1. The van der Waals surface area contributed by atoms with Gasteiger partial charge in [-0.15, -0.1) is 0 Å². The van der Waals surface area contributed by atoms with Crippen molar-refractivity contribution < 1.29 is 0 Å². The minimum Gasteiger partial charge on any atom is -0.357 e. The first kappa shape index (κ1) is 11.0. The van der Waals surface area contributed by atoms with Crippen molar-refractivity contribution in [2.24, 2.45) is 5.73 Å². The van der Waals surface area contributed by atoms with Crippen molar-refractivity contribution in [1.29, 1.82) is 0 Å². The predicted octanol–water partition coefficient (Wildman–Crippen LogP) is 2.11. The molecule has 17 heavy (non-hydrogen) atoms. The molecule has 1 saturated heterocycles. The fraction of sp³-hybridized carbons (Fsp3) is 0.643. The van der Waals surface area contributed by atoms with E-state index in [-0.39, 0.29) is 5.54 Å². The van der Waals surface area contributed by atoms with Crippen LogP contribution < -0.4 is 10.6 Å². The molecule has 0 radical (unpaired) electrons. The summed E-state index contributed by atoms with van der Waals surface area (Å²) in [6.45, 7) is 2.33. The summed E-state index contributed by atoms with van der Waals surface area (Å²) in [6, 6.07) is 4.38. The largest absolute Gasteiger partial charge is 0.357 e. The number of pyridine rings is 1. The van der Waals surface area contributed by atoms with Gasteiger partial charge in [0.2, 0.25) is 0 Å². The quantitative estimate of drug-likeness (QED) is 0.863. The van der Waals surface area contributed by atoms with Gasteiger partial charge in [-0.05, 0) is 56.2 Å². The Morgan fingerprint density at radius 1 is 1.29 bits per heavy atom. The molecule has 0 atom stereocenters. The molecule has 1 aromatic heterocycles. The van der Waals surface area contributed by atoms with Crippen LogP contribution in [0.1, 0.15) is 37.7 Å². The molecule has 1 aromatic rings. The van der Waals surface area contributed by atoms with Crippen LogP contribution in [0, 0.1) is 0 Å². The zero-order chi connectivity index (χ0) is 11.7. The Bertz CT molecular complexity index is 392. The van der Waals surface area contributed by atoms with Crippen LogP contribution in [0.3, 0.4) is 0 Å². The highest BCUT2D eigenvalue weighted by molar-refractivity contribution is 5.41. The molecule has 3 heteroatoms. The van der Waals surface area contributed by atoms with E-state index >= 15 is 0 Å². The number of rotatable bonds is 4. The molecule has 92 valence electrons. The number of nitrogens with zero attached hydrogens (tertiary/aromatic N) is 2. The van der Waals surface area contributed by atoms with E-state index in [1.54, 1.807) is 0 Å². The smallest absolute Gasteiger partial charge is 0.128 e. The second-order valence-corrected chi connectivity index (χ2v) is 5.58. The van der Waals surface area contributed by atoms with E-state index in [2.05, 4.69) is 22.0 Å². The van der Waals surface area contributed by atoms with Crippen LogP contribution in [0.15, 0.2) is 18.3 Å². The normalized spacial score (nSPS) is 21.8. The Balaban J connectivity index is 1.65. The van der Waals surface area contributed by atoms with E-state index in [1.165, 1.54) is 31.2 Å². The molecule has 1 aliphatic heterocycles. The lowest BCUT2D eigenvalue weighted by molar-refractivity contribution is 0.609. The molecule has 2 heterocycles. The fourth-order valence-corrected chi connectivity index (χ4v) is 2.54. The molecule has 3 rings (SSSR count). The summed E-state index contributed by atoms with van der Waals surface area (Å²) >= 11 is 0. The molecule has 3 nitrogen and oxygen atoms in total. The lowest BCUT2D eigenvalue weighted by Gasteiger charge is -2.17. The van der Waals surface area contributed by atoms with Crippen LogP contribution in [-0.4, -0.2) is 23.6 Å². The van der Waals surface area contributed by atoms with Gasteiger partial charge in [-0.3, -0.25) is 0 Å². The number of aromatic nitrogens is 1. The average Bonchev–Trinajstić information content (AvgIpc) is 2.88. The van der Waals surface area contributed by atoms with Gasteiger partial charge in [-0.25, -0.2) is 4.98 Å². The SMILES string of the molecule is NC1(CCc2ccnc(N3CCCC3)c2)CC1. The van der Waals surface area contributed by atoms with E-state index in [0.717, 1.165) is 31.7 Å². The third-order valence-corrected chi connectivity index (χ3v) is 4.04. The summed E-state index contributed by atoms with van der Waals surface area (Å²) in [4.78, 5) is 6.86. The van der Waals surface area contributed by atoms with Crippen molar-refractivity contribution in [3.05, 3.63) is 23.9 Å². The maximum Gasteiger partial charge on any atom is 0.128 e. The van der Waals surface area contributed by atoms with Gasteiger partial charge in [-0.1, -0.05) is 0 Å². The first-order valence-corrected chi connectivity index (χ1v) is 6.74. The Labute approximate surface area is 103 Å². The number of hydrogen-bond acceptors (Lipinski definition) is 3. The molecule has 0 aromatic carbocycles. The summed E-state index contributed by atoms with van der Waals surface area (Å²) in [5.41, 5.74) is 7.68. The monoisotopic (exact) mass is 231 g/mol. The van der Waals surface area contributed by atoms with Gasteiger partial charge in [0.05, 0.1) is 0 Å². The lowest BCUT2D eigenvalue weighted by Crippen LogP contribution is -2.22. The van der Waals surface area contributed by atoms with E-state index < -0.39 is 0 Å². The van der Waals surface area contributed by atoms with Gasteiger partial charge in [0, 0.05) is 24.8 Å². The molecule has 0 spiro atoms. The third-order valence-electron chi connectivity index (χ3n) is 4.04. The predicted molar refractivity (Wildman–Crippen MR) is 70.2 cm³/mol. The molecule has 2 N–H and O–H groups in total. The third kappa shape index (κ3) is 2.60. The minimum absolute atomic E-state index is 0.164. The zero-order valence-corrected chi connectivity index (χ0v) is 10.4. The van der Waals surface area contributed by atoms with Gasteiger partial charge < -0.3 is 10.6 Å². The van der Waals surface area contributed by atoms with Crippen molar-refractivity contribution in [2.45, 2.75) is 44.1 Å². The van der Waals surface area contributed by atoms with Crippen molar-refractivity contribution in [3.8, 4) is 0 Å². The Kier molecular flexibility index (Phi) is 2.79. The number of nitrogens with two attached hydrogens (primary N) is 1. The highest BCUT2D eigenvalue weighted by Gasteiger charge is 2.37. The second kappa shape index (κ2) is 4.30. The molecular weight excluding hydrogens is 210 g/mol. The molecule has 0 bridgehead atoms. The lowest BCUT2D eigenvalue weighted by atomic mass is 10.1. The first-order valence-electron chi connectivity index (χ1n) is 6.74. The molecule has 2 aliphatic rings. The van der Waals surface area contributed by atoms with Gasteiger partial charge >= 0.3 is 0 Å². The molecule has 0 unspecified atom stereocenters. The summed E-state index contributed by atoms with van der Waals surface area (Å²) < 4.78 is 0. The maximum absolute atomic E-state index is 6.13. The van der Waals surface area contributed by atoms with Crippen molar-refractivity contribution in [2.75, 3.05) is 18.0 Å². The average molecular weight is 231 g/mol. The maximum atomic E-state index is 6.13. The van der Waals surface area contributed by atoms with E-state index in [9.17, 15) is 0 Å². The van der Waals surface area contributed by atoms with Crippen molar-refractivity contribution in [1.82, 2.24) is 4.98 Å². The Hall–Kier alpha value is -1.09. The van der Waals surface area contributed by atoms with Gasteiger partial charge in [0.25, 0.3) is 0 Å². The van der Waals surface area contributed by atoms with Gasteiger partial charge in [0.1, 0.15) is 5.82 Å². The van der Waals surface area contributed by atoms with Crippen LogP contribution in [0.5, 0.6) is 0 Å². The highest BCUT2D eigenvalue weighted by Crippen LogP contribution is 2.36. The fourth-order valence-electron chi connectivity index (χ4n) is 2.54. The molecule has 2 fully saturated rings. The van der Waals surface area contributed by atoms with Gasteiger partial charge in [-0.2, -0.15) is 0 Å². The summed E-state index contributed by atoms with van der Waals surface area (Å²) in [7, 11) is 0. The number of anilines is 1. The zero-order valence-electron chi connectivity index (χ0n) is 10.4. The molecule has 0 amide bonds. The molecule has 1 aliphatic carbocycles. The Morgan fingerprint density at radius 3 is 2.76 bits per heavy atom. The number of aryl methyl sites for hydroxylation is 1. The van der Waals surface area contributed by atoms with E-state index in [1.807, 2.05) is 6.20 Å². The van der Waals surface area contributed by atoms with Crippen LogP contribution in [0.25, 0.3) is 0 Å².